The summed E-state index contributed by atoms with van der Waals surface area (Å²) < 4.78 is 1.49. The van der Waals surface area contributed by atoms with Crippen LogP contribution in [-0.4, -0.2) is 50.0 Å². The van der Waals surface area contributed by atoms with Crippen LogP contribution in [0.25, 0.3) is 5.95 Å². The molecule has 3 N–H and O–H groups in total. The Labute approximate surface area is 97.7 Å². The summed E-state index contributed by atoms with van der Waals surface area (Å²) in [6.07, 6.45) is 3.34. The second-order valence-electron chi connectivity index (χ2n) is 3.39. The fourth-order valence-electron chi connectivity index (χ4n) is 1.28. The maximum atomic E-state index is 8.86. The van der Waals surface area contributed by atoms with Gasteiger partial charge in [0.2, 0.25) is 11.9 Å². The third kappa shape index (κ3) is 2.48. The SMILES string of the molecule is CN(CCO)c1nc(N)nc(-n2cccn2)n1. The summed E-state index contributed by atoms with van der Waals surface area (Å²) in [7, 11) is 1.76. The van der Waals surface area contributed by atoms with Gasteiger partial charge in [0.15, 0.2) is 0 Å². The number of hydrogen-bond acceptors (Lipinski definition) is 7. The van der Waals surface area contributed by atoms with Gasteiger partial charge in [-0.1, -0.05) is 0 Å². The summed E-state index contributed by atoms with van der Waals surface area (Å²) in [4.78, 5) is 13.9. The van der Waals surface area contributed by atoms with Gasteiger partial charge < -0.3 is 15.7 Å². The lowest BCUT2D eigenvalue weighted by Gasteiger charge is -2.15. The van der Waals surface area contributed by atoms with Gasteiger partial charge >= 0.3 is 0 Å². The summed E-state index contributed by atoms with van der Waals surface area (Å²) in [6.45, 7) is 0.432. The molecule has 8 heteroatoms. The maximum absolute atomic E-state index is 8.86. The Morgan fingerprint density at radius 2 is 2.24 bits per heavy atom. The Balaban J connectivity index is 2.36. The second kappa shape index (κ2) is 4.74. The van der Waals surface area contributed by atoms with Gasteiger partial charge in [-0.3, -0.25) is 0 Å². The molecule has 0 unspecified atom stereocenters. The lowest BCUT2D eigenvalue weighted by atomic mass is 10.6. The number of aliphatic hydroxyl groups is 1. The van der Waals surface area contributed by atoms with Crippen molar-refractivity contribution in [3.8, 4) is 5.95 Å². The second-order valence-corrected chi connectivity index (χ2v) is 3.39. The van der Waals surface area contributed by atoms with Gasteiger partial charge in [-0.25, -0.2) is 4.68 Å². The highest BCUT2D eigenvalue weighted by molar-refractivity contribution is 5.36. The molecule has 2 aromatic heterocycles. The normalized spacial score (nSPS) is 10.5. The minimum atomic E-state index is 0.0131. The largest absolute Gasteiger partial charge is 0.395 e. The molecule has 0 radical (unpaired) electrons. The predicted octanol–water partition coefficient (Wildman–Crippen LogP) is -0.932. The van der Waals surface area contributed by atoms with Crippen LogP contribution in [0.2, 0.25) is 0 Å². The first kappa shape index (κ1) is 11.3. The Morgan fingerprint density at radius 3 is 2.88 bits per heavy atom. The van der Waals surface area contributed by atoms with Gasteiger partial charge in [0, 0.05) is 26.0 Å². The van der Waals surface area contributed by atoms with Crippen LogP contribution in [-0.2, 0) is 0 Å². The van der Waals surface area contributed by atoms with Gasteiger partial charge in [-0.15, -0.1) is 0 Å². The summed E-state index contributed by atoms with van der Waals surface area (Å²) in [5.41, 5.74) is 5.61. The van der Waals surface area contributed by atoms with Crippen LogP contribution in [0.3, 0.4) is 0 Å². The van der Waals surface area contributed by atoms with Crippen molar-refractivity contribution in [1.29, 1.82) is 0 Å². The van der Waals surface area contributed by atoms with E-state index in [1.54, 1.807) is 30.4 Å². The molecule has 0 atom stereocenters. The zero-order chi connectivity index (χ0) is 12.3. The molecule has 0 aliphatic rings. The number of aromatic nitrogens is 5. The molecule has 2 rings (SSSR count). The molecule has 17 heavy (non-hydrogen) atoms. The van der Waals surface area contributed by atoms with E-state index in [-0.39, 0.29) is 12.6 Å². The van der Waals surface area contributed by atoms with E-state index in [1.807, 2.05) is 0 Å². The molecule has 0 aromatic carbocycles. The maximum Gasteiger partial charge on any atom is 0.257 e. The first-order chi connectivity index (χ1) is 8.20. The minimum absolute atomic E-state index is 0.0131. The summed E-state index contributed by atoms with van der Waals surface area (Å²) >= 11 is 0. The molecule has 2 aromatic rings. The van der Waals surface area contributed by atoms with Gasteiger partial charge in [0.1, 0.15) is 0 Å². The van der Waals surface area contributed by atoms with Crippen molar-refractivity contribution in [3.63, 3.8) is 0 Å². The number of anilines is 2. The van der Waals surface area contributed by atoms with E-state index in [2.05, 4.69) is 20.1 Å². The Kier molecular flexibility index (Phi) is 3.15. The number of aliphatic hydroxyl groups excluding tert-OH is 1. The van der Waals surface area contributed by atoms with E-state index in [0.29, 0.717) is 18.4 Å². The first-order valence-corrected chi connectivity index (χ1v) is 5.04. The number of nitrogens with two attached hydrogens (primary N) is 1. The zero-order valence-corrected chi connectivity index (χ0v) is 9.35. The number of likely N-dealkylation sites (N-methyl/N-ethyl adjacent to an activating group) is 1. The number of nitrogens with zero attached hydrogens (tertiary/aromatic N) is 6. The molecule has 2 heterocycles. The van der Waals surface area contributed by atoms with E-state index in [9.17, 15) is 0 Å². The minimum Gasteiger partial charge on any atom is -0.395 e. The number of hydrogen-bond donors (Lipinski definition) is 2. The van der Waals surface area contributed by atoms with Gasteiger partial charge in [0.25, 0.3) is 5.95 Å². The standard InChI is InChI=1S/C9H13N7O/c1-15(5-6-17)8-12-7(10)13-9(14-8)16-4-2-3-11-16/h2-4,17H,5-6H2,1H3,(H2,10,12,13,14). The molecule has 0 bridgehead atoms. The van der Waals surface area contributed by atoms with Gasteiger partial charge in [-0.2, -0.15) is 20.1 Å². The van der Waals surface area contributed by atoms with Crippen molar-refractivity contribution in [3.05, 3.63) is 18.5 Å². The van der Waals surface area contributed by atoms with Crippen molar-refractivity contribution in [2.24, 2.45) is 0 Å². The lowest BCUT2D eigenvalue weighted by molar-refractivity contribution is 0.303. The van der Waals surface area contributed by atoms with Crippen LogP contribution >= 0.6 is 0 Å². The summed E-state index contributed by atoms with van der Waals surface area (Å²) in [5, 5.41) is 12.9. The molecular formula is C9H13N7O. The van der Waals surface area contributed by atoms with E-state index >= 15 is 0 Å². The summed E-state index contributed by atoms with van der Waals surface area (Å²) in [5.74, 6) is 0.865. The predicted molar refractivity (Wildman–Crippen MR) is 61.7 cm³/mol. The fraction of sp³-hybridized carbons (Fsp3) is 0.333. The Hall–Kier alpha value is -2.22. The van der Waals surface area contributed by atoms with Crippen molar-refractivity contribution < 1.29 is 5.11 Å². The third-order valence-corrected chi connectivity index (χ3v) is 2.12. The highest BCUT2D eigenvalue weighted by Gasteiger charge is 2.09. The van der Waals surface area contributed by atoms with Crippen LogP contribution in [0.4, 0.5) is 11.9 Å². The molecule has 0 aliphatic heterocycles. The Bertz CT molecular complexity index is 484. The molecule has 0 fully saturated rings. The van der Waals surface area contributed by atoms with Crippen LogP contribution in [0.5, 0.6) is 0 Å². The molecule has 90 valence electrons. The first-order valence-electron chi connectivity index (χ1n) is 5.04. The molecule has 0 aliphatic carbocycles. The highest BCUT2D eigenvalue weighted by atomic mass is 16.3. The molecular weight excluding hydrogens is 222 g/mol. The average Bonchev–Trinajstić information content (AvgIpc) is 2.82. The van der Waals surface area contributed by atoms with Crippen molar-refractivity contribution >= 4 is 11.9 Å². The monoisotopic (exact) mass is 235 g/mol. The van der Waals surface area contributed by atoms with Crippen LogP contribution in [0, 0.1) is 0 Å². The molecule has 0 amide bonds. The number of nitrogen functional groups attached to an aromatic ring is 1. The topological polar surface area (TPSA) is 106 Å². The molecule has 0 spiro atoms. The van der Waals surface area contributed by atoms with Gasteiger partial charge in [0.05, 0.1) is 6.61 Å². The third-order valence-electron chi connectivity index (χ3n) is 2.12. The summed E-state index contributed by atoms with van der Waals surface area (Å²) in [6, 6.07) is 1.76. The average molecular weight is 235 g/mol. The van der Waals surface area contributed by atoms with Crippen molar-refractivity contribution in [1.82, 2.24) is 24.7 Å². The van der Waals surface area contributed by atoms with E-state index in [1.165, 1.54) is 4.68 Å². The molecule has 0 saturated carbocycles. The van der Waals surface area contributed by atoms with Gasteiger partial charge in [-0.05, 0) is 6.07 Å². The van der Waals surface area contributed by atoms with E-state index < -0.39 is 0 Å². The fourth-order valence-corrected chi connectivity index (χ4v) is 1.28. The quantitative estimate of drug-likeness (QED) is 0.705. The van der Waals surface area contributed by atoms with Crippen molar-refractivity contribution in [2.45, 2.75) is 0 Å². The Morgan fingerprint density at radius 1 is 1.41 bits per heavy atom. The lowest BCUT2D eigenvalue weighted by Crippen LogP contribution is -2.24. The van der Waals surface area contributed by atoms with Crippen LogP contribution in [0.15, 0.2) is 18.5 Å². The zero-order valence-electron chi connectivity index (χ0n) is 9.35. The molecule has 0 saturated heterocycles. The van der Waals surface area contributed by atoms with E-state index in [0.717, 1.165) is 0 Å². The molecule has 8 nitrogen and oxygen atoms in total. The number of rotatable bonds is 4. The van der Waals surface area contributed by atoms with Crippen molar-refractivity contribution in [2.75, 3.05) is 30.8 Å². The van der Waals surface area contributed by atoms with E-state index in [4.69, 9.17) is 10.8 Å². The highest BCUT2D eigenvalue weighted by Crippen LogP contribution is 2.09. The van der Waals surface area contributed by atoms with Crippen LogP contribution in [0.1, 0.15) is 0 Å². The van der Waals surface area contributed by atoms with Crippen LogP contribution < -0.4 is 10.6 Å². The smallest absolute Gasteiger partial charge is 0.257 e.